The Morgan fingerprint density at radius 1 is 1.07 bits per heavy atom. The minimum absolute atomic E-state index is 0.0156. The fourth-order valence-electron chi connectivity index (χ4n) is 4.99. The number of nitrogens with one attached hydrogen (secondary N) is 1. The van der Waals surface area contributed by atoms with Crippen molar-refractivity contribution in [2.24, 2.45) is 0 Å². The summed E-state index contributed by atoms with van der Waals surface area (Å²) < 4.78 is 58.9. The monoisotopic (exact) mass is 562 g/mol. The number of urea groups is 1. The average molecular weight is 563 g/mol. The van der Waals surface area contributed by atoms with E-state index in [0.29, 0.717) is 24.4 Å². The molecule has 214 valence electrons. The van der Waals surface area contributed by atoms with Crippen molar-refractivity contribution in [1.29, 1.82) is 0 Å². The summed E-state index contributed by atoms with van der Waals surface area (Å²) in [6, 6.07) is 8.16. The Labute approximate surface area is 229 Å². The van der Waals surface area contributed by atoms with Crippen LogP contribution in [0.3, 0.4) is 0 Å². The molecule has 0 unspecified atom stereocenters. The molecule has 0 aromatic heterocycles. The second-order valence-corrected chi connectivity index (χ2v) is 9.70. The summed E-state index contributed by atoms with van der Waals surface area (Å²) in [5.74, 6) is -1.72. The van der Waals surface area contributed by atoms with E-state index < -0.39 is 41.5 Å². The second kappa shape index (κ2) is 11.7. The molecule has 1 fully saturated rings. The number of amides is 3. The molecule has 4 rings (SSSR count). The van der Waals surface area contributed by atoms with E-state index in [9.17, 15) is 31.9 Å². The quantitative estimate of drug-likeness (QED) is 0.422. The molecule has 0 aliphatic carbocycles. The summed E-state index contributed by atoms with van der Waals surface area (Å²) in [5.41, 5.74) is -0.120. The number of benzene rings is 2. The highest BCUT2D eigenvalue weighted by Crippen LogP contribution is 2.34. The third-order valence-corrected chi connectivity index (χ3v) is 7.09. The average Bonchev–Trinajstić information content (AvgIpc) is 2.91. The zero-order valence-corrected chi connectivity index (χ0v) is 22.3. The molecule has 0 saturated carbocycles. The predicted molar refractivity (Wildman–Crippen MR) is 137 cm³/mol. The number of likely N-dealkylation sites (N-methyl/N-ethyl adjacent to an activating group) is 1. The molecule has 1 N–H and O–H groups in total. The lowest BCUT2D eigenvalue weighted by Gasteiger charge is -2.42. The van der Waals surface area contributed by atoms with Gasteiger partial charge in [0.05, 0.1) is 29.3 Å². The number of alkyl halides is 3. The standard InChI is InChI=1S/C28H30F4N4O4/c1-4-40-26(38)23-22(34(3)27(39)33-24(23)18-9-11-19(12-10-18)28(30,31)32)16-35-13-14-36(17(2)15-35)25(37)20-7-5-6-8-21(20)29/h5-12,17,24H,4,13-16H2,1-3H3,(H,33,39)/t17-,24-/m1/s1. The Morgan fingerprint density at radius 2 is 1.75 bits per heavy atom. The molecular weight excluding hydrogens is 532 g/mol. The van der Waals surface area contributed by atoms with Crippen LogP contribution >= 0.6 is 0 Å². The van der Waals surface area contributed by atoms with Crippen molar-refractivity contribution >= 4 is 17.9 Å². The molecule has 2 aromatic carbocycles. The van der Waals surface area contributed by atoms with E-state index in [1.807, 2.05) is 11.8 Å². The highest BCUT2D eigenvalue weighted by atomic mass is 19.4. The molecule has 0 spiro atoms. The van der Waals surface area contributed by atoms with Gasteiger partial charge >= 0.3 is 18.2 Å². The predicted octanol–water partition coefficient (Wildman–Crippen LogP) is 4.20. The SMILES string of the molecule is CCOC(=O)C1=C(CN2CCN(C(=O)c3ccccc3F)[C@H](C)C2)N(C)C(=O)N[C@@H]1c1ccc(C(F)(F)F)cc1. The van der Waals surface area contributed by atoms with Gasteiger partial charge < -0.3 is 15.0 Å². The lowest BCUT2D eigenvalue weighted by atomic mass is 9.93. The molecule has 1 saturated heterocycles. The van der Waals surface area contributed by atoms with Crippen LogP contribution in [-0.4, -0.2) is 78.5 Å². The van der Waals surface area contributed by atoms with E-state index in [1.54, 1.807) is 17.9 Å². The van der Waals surface area contributed by atoms with Gasteiger partial charge in [-0.2, -0.15) is 13.2 Å². The Balaban J connectivity index is 1.62. The van der Waals surface area contributed by atoms with Crippen LogP contribution in [-0.2, 0) is 15.7 Å². The molecule has 8 nitrogen and oxygen atoms in total. The topological polar surface area (TPSA) is 82.2 Å². The minimum atomic E-state index is -4.54. The van der Waals surface area contributed by atoms with Crippen LogP contribution in [0.15, 0.2) is 59.8 Å². The lowest BCUT2D eigenvalue weighted by molar-refractivity contribution is -0.139. The number of carbonyl (C=O) groups is 3. The highest BCUT2D eigenvalue weighted by molar-refractivity contribution is 5.95. The van der Waals surface area contributed by atoms with Gasteiger partial charge in [-0.3, -0.25) is 14.6 Å². The van der Waals surface area contributed by atoms with Crippen LogP contribution in [0.25, 0.3) is 0 Å². The summed E-state index contributed by atoms with van der Waals surface area (Å²) in [7, 11) is 1.49. The zero-order chi connectivity index (χ0) is 29.2. The van der Waals surface area contributed by atoms with Gasteiger partial charge in [-0.25, -0.2) is 14.0 Å². The molecule has 40 heavy (non-hydrogen) atoms. The van der Waals surface area contributed by atoms with Gasteiger partial charge in [0.2, 0.25) is 0 Å². The van der Waals surface area contributed by atoms with Gasteiger partial charge in [-0.1, -0.05) is 24.3 Å². The van der Waals surface area contributed by atoms with Gasteiger partial charge in [0.25, 0.3) is 5.91 Å². The number of nitrogens with zero attached hydrogens (tertiary/aromatic N) is 3. The van der Waals surface area contributed by atoms with Crippen molar-refractivity contribution in [2.45, 2.75) is 32.1 Å². The Morgan fingerprint density at radius 3 is 2.35 bits per heavy atom. The number of ether oxygens (including phenoxy) is 1. The number of halogens is 4. The first-order chi connectivity index (χ1) is 18.9. The van der Waals surface area contributed by atoms with E-state index in [1.165, 1.54) is 42.3 Å². The van der Waals surface area contributed by atoms with Crippen LogP contribution in [0, 0.1) is 5.82 Å². The molecular formula is C28H30F4N4O4. The van der Waals surface area contributed by atoms with Crippen molar-refractivity contribution < 1.29 is 36.7 Å². The Hall–Kier alpha value is -3.93. The van der Waals surface area contributed by atoms with Crippen molar-refractivity contribution in [2.75, 3.05) is 39.8 Å². The largest absolute Gasteiger partial charge is 0.463 e. The lowest BCUT2D eigenvalue weighted by Crippen LogP contribution is -2.56. The van der Waals surface area contributed by atoms with Crippen LogP contribution in [0.2, 0.25) is 0 Å². The van der Waals surface area contributed by atoms with Crippen LogP contribution in [0.1, 0.15) is 41.4 Å². The molecule has 12 heteroatoms. The summed E-state index contributed by atoms with van der Waals surface area (Å²) in [6.45, 7) is 4.69. The van der Waals surface area contributed by atoms with Gasteiger partial charge in [-0.05, 0) is 43.7 Å². The maximum atomic E-state index is 14.2. The summed E-state index contributed by atoms with van der Waals surface area (Å²) in [5, 5.41) is 2.69. The van der Waals surface area contributed by atoms with Gasteiger partial charge in [0, 0.05) is 45.0 Å². The highest BCUT2D eigenvalue weighted by Gasteiger charge is 2.39. The maximum Gasteiger partial charge on any atom is 0.416 e. The first-order valence-corrected chi connectivity index (χ1v) is 12.8. The molecule has 0 bridgehead atoms. The normalized spacial score (nSPS) is 20.4. The van der Waals surface area contributed by atoms with E-state index in [0.717, 1.165) is 12.1 Å². The minimum Gasteiger partial charge on any atom is -0.463 e. The number of hydrogen-bond donors (Lipinski definition) is 1. The summed E-state index contributed by atoms with van der Waals surface area (Å²) >= 11 is 0. The Bertz CT molecular complexity index is 1310. The number of esters is 1. The van der Waals surface area contributed by atoms with E-state index in [2.05, 4.69) is 5.32 Å². The molecule has 0 radical (unpaired) electrons. The molecule has 2 aromatic rings. The van der Waals surface area contributed by atoms with Crippen molar-refractivity contribution in [3.8, 4) is 0 Å². The number of piperazine rings is 1. The molecule has 3 amide bonds. The van der Waals surface area contributed by atoms with Crippen LogP contribution in [0.5, 0.6) is 0 Å². The van der Waals surface area contributed by atoms with Gasteiger partial charge in [0.1, 0.15) is 5.82 Å². The third kappa shape index (κ3) is 5.96. The van der Waals surface area contributed by atoms with Crippen molar-refractivity contribution in [3.63, 3.8) is 0 Å². The number of carbonyl (C=O) groups excluding carboxylic acids is 3. The fourth-order valence-corrected chi connectivity index (χ4v) is 4.99. The van der Waals surface area contributed by atoms with Crippen molar-refractivity contribution in [3.05, 3.63) is 82.3 Å². The molecule has 2 atom stereocenters. The Kier molecular flexibility index (Phi) is 8.48. The molecule has 2 aliphatic heterocycles. The van der Waals surface area contributed by atoms with Crippen LogP contribution < -0.4 is 5.32 Å². The number of hydrogen-bond acceptors (Lipinski definition) is 5. The summed E-state index contributed by atoms with van der Waals surface area (Å²) in [4.78, 5) is 43.9. The first-order valence-electron chi connectivity index (χ1n) is 12.8. The molecule has 2 aliphatic rings. The summed E-state index contributed by atoms with van der Waals surface area (Å²) in [6.07, 6.45) is -4.54. The number of rotatable bonds is 6. The maximum absolute atomic E-state index is 14.2. The smallest absolute Gasteiger partial charge is 0.416 e. The van der Waals surface area contributed by atoms with E-state index in [-0.39, 0.29) is 36.9 Å². The van der Waals surface area contributed by atoms with Gasteiger partial charge in [0.15, 0.2) is 0 Å². The third-order valence-electron chi connectivity index (χ3n) is 7.09. The van der Waals surface area contributed by atoms with E-state index in [4.69, 9.17) is 4.74 Å². The molecule has 2 heterocycles. The van der Waals surface area contributed by atoms with Crippen LogP contribution in [0.4, 0.5) is 22.4 Å². The second-order valence-electron chi connectivity index (χ2n) is 9.70. The van der Waals surface area contributed by atoms with E-state index >= 15 is 0 Å². The van der Waals surface area contributed by atoms with Crippen molar-refractivity contribution in [1.82, 2.24) is 20.0 Å². The first kappa shape index (κ1) is 29.1. The van der Waals surface area contributed by atoms with Gasteiger partial charge in [-0.15, -0.1) is 0 Å². The zero-order valence-electron chi connectivity index (χ0n) is 22.3. The fraction of sp³-hybridized carbons (Fsp3) is 0.393.